The third kappa shape index (κ3) is 3.71. The maximum absolute atomic E-state index is 12.4. The van der Waals surface area contributed by atoms with Crippen molar-refractivity contribution in [2.24, 2.45) is 0 Å². The highest BCUT2D eigenvalue weighted by molar-refractivity contribution is 5.93. The van der Waals surface area contributed by atoms with Gasteiger partial charge in [-0.3, -0.25) is 9.78 Å². The molecule has 0 saturated carbocycles. The van der Waals surface area contributed by atoms with Crippen LogP contribution in [0.15, 0.2) is 73.1 Å². The summed E-state index contributed by atoms with van der Waals surface area (Å²) < 4.78 is 7.36. The van der Waals surface area contributed by atoms with Gasteiger partial charge in [-0.25, -0.2) is 4.98 Å². The molecule has 0 radical (unpaired) electrons. The molecule has 0 unspecified atom stereocenters. The second-order valence-electron chi connectivity index (χ2n) is 6.37. The molecule has 0 spiro atoms. The largest absolute Gasteiger partial charge is 0.497 e. The lowest BCUT2D eigenvalue weighted by Crippen LogP contribution is -2.24. The normalized spacial score (nSPS) is 10.8. The van der Waals surface area contributed by atoms with E-state index in [0.717, 1.165) is 28.2 Å². The minimum Gasteiger partial charge on any atom is -0.497 e. The average molecular weight is 372 g/mol. The molecule has 4 aromatic rings. The Bertz CT molecular complexity index is 1090. The average Bonchev–Trinajstić information content (AvgIpc) is 3.10. The van der Waals surface area contributed by atoms with E-state index in [0.29, 0.717) is 18.7 Å². The summed E-state index contributed by atoms with van der Waals surface area (Å²) >= 11 is 0. The van der Waals surface area contributed by atoms with Gasteiger partial charge in [-0.2, -0.15) is 0 Å². The van der Waals surface area contributed by atoms with Crippen LogP contribution in [0.4, 0.5) is 0 Å². The van der Waals surface area contributed by atoms with Crippen molar-refractivity contribution in [1.29, 1.82) is 0 Å². The van der Waals surface area contributed by atoms with Crippen molar-refractivity contribution < 1.29 is 9.53 Å². The number of imidazole rings is 1. The molecule has 6 nitrogen and oxygen atoms in total. The number of pyridine rings is 1. The summed E-state index contributed by atoms with van der Waals surface area (Å²) in [4.78, 5) is 21.0. The molecule has 2 heterocycles. The van der Waals surface area contributed by atoms with Crippen LogP contribution in [0, 0.1) is 0 Å². The van der Waals surface area contributed by atoms with Crippen LogP contribution in [0.3, 0.4) is 0 Å². The van der Waals surface area contributed by atoms with E-state index in [2.05, 4.69) is 14.9 Å². The molecule has 1 amide bonds. The number of fused-ring (bicyclic) bond motifs is 1. The highest BCUT2D eigenvalue weighted by Gasteiger charge is 2.13. The smallest absolute Gasteiger partial charge is 0.251 e. The Hall–Kier alpha value is -3.67. The number of carbonyl (C=O) groups is 1. The first-order valence-corrected chi connectivity index (χ1v) is 9.00. The van der Waals surface area contributed by atoms with Gasteiger partial charge in [0, 0.05) is 24.5 Å². The van der Waals surface area contributed by atoms with Crippen molar-refractivity contribution in [3.8, 4) is 5.75 Å². The minimum atomic E-state index is -0.148. The molecule has 0 atom stereocenters. The van der Waals surface area contributed by atoms with Crippen LogP contribution in [-0.2, 0) is 13.1 Å². The highest BCUT2D eigenvalue weighted by Crippen LogP contribution is 2.19. The van der Waals surface area contributed by atoms with Gasteiger partial charge < -0.3 is 14.6 Å². The summed E-state index contributed by atoms with van der Waals surface area (Å²) in [7, 11) is 1.65. The third-order valence-electron chi connectivity index (χ3n) is 4.58. The number of carbonyl (C=O) groups excluding carboxylic acids is 1. The number of methoxy groups -OCH3 is 1. The van der Waals surface area contributed by atoms with Crippen LogP contribution < -0.4 is 10.1 Å². The number of nitrogens with zero attached hydrogens (tertiary/aromatic N) is 3. The van der Waals surface area contributed by atoms with Gasteiger partial charge in [-0.15, -0.1) is 0 Å². The molecule has 0 aliphatic heterocycles. The van der Waals surface area contributed by atoms with Crippen molar-refractivity contribution in [2.75, 3.05) is 7.11 Å². The molecule has 6 heteroatoms. The molecule has 2 aromatic heterocycles. The monoisotopic (exact) mass is 372 g/mol. The van der Waals surface area contributed by atoms with Crippen molar-refractivity contribution in [2.45, 2.75) is 13.1 Å². The van der Waals surface area contributed by atoms with E-state index in [4.69, 9.17) is 9.72 Å². The Labute approximate surface area is 162 Å². The van der Waals surface area contributed by atoms with Crippen molar-refractivity contribution in [1.82, 2.24) is 19.9 Å². The Kier molecular flexibility index (Phi) is 5.01. The highest BCUT2D eigenvalue weighted by atomic mass is 16.5. The molecule has 2 aromatic carbocycles. The lowest BCUT2D eigenvalue weighted by molar-refractivity contribution is 0.0949. The first-order valence-electron chi connectivity index (χ1n) is 9.00. The molecule has 4 rings (SSSR count). The molecule has 0 saturated heterocycles. The van der Waals surface area contributed by atoms with Crippen molar-refractivity contribution in [3.05, 3.63) is 90.0 Å². The van der Waals surface area contributed by atoms with Crippen LogP contribution >= 0.6 is 0 Å². The van der Waals surface area contributed by atoms with Crippen LogP contribution in [-0.4, -0.2) is 27.6 Å². The summed E-state index contributed by atoms with van der Waals surface area (Å²) in [5, 5.41) is 2.95. The predicted molar refractivity (Wildman–Crippen MR) is 107 cm³/mol. The number of ether oxygens (including phenoxy) is 1. The van der Waals surface area contributed by atoms with Crippen LogP contribution in [0.1, 0.15) is 21.7 Å². The molecular weight excluding hydrogens is 352 g/mol. The number of hydrogen-bond donors (Lipinski definition) is 1. The Morgan fingerprint density at radius 3 is 2.54 bits per heavy atom. The van der Waals surface area contributed by atoms with Crippen LogP contribution in [0.25, 0.3) is 11.0 Å². The number of amides is 1. The molecule has 0 bridgehead atoms. The van der Waals surface area contributed by atoms with Gasteiger partial charge in [0.15, 0.2) is 0 Å². The molecule has 140 valence electrons. The summed E-state index contributed by atoms with van der Waals surface area (Å²) in [6, 6.07) is 19.3. The summed E-state index contributed by atoms with van der Waals surface area (Å²) in [5.41, 5.74) is 3.65. The molecule has 0 fully saturated rings. The minimum absolute atomic E-state index is 0.148. The van der Waals surface area contributed by atoms with Gasteiger partial charge in [0.05, 0.1) is 24.7 Å². The van der Waals surface area contributed by atoms with Gasteiger partial charge in [0.1, 0.15) is 11.6 Å². The SMILES string of the molecule is COc1ccc(Cn2c(CNC(=O)c3ccncc3)nc3ccccc32)cc1. The fraction of sp³-hybridized carbons (Fsp3) is 0.136. The van der Waals surface area contributed by atoms with Gasteiger partial charge in [-0.05, 0) is 42.0 Å². The quantitative estimate of drug-likeness (QED) is 0.563. The number of para-hydroxylation sites is 2. The van der Waals surface area contributed by atoms with Crippen LogP contribution in [0.5, 0.6) is 5.75 Å². The molecule has 0 aliphatic rings. The lowest BCUT2D eigenvalue weighted by atomic mass is 10.2. The Morgan fingerprint density at radius 2 is 1.79 bits per heavy atom. The number of benzene rings is 2. The van der Waals surface area contributed by atoms with Gasteiger partial charge in [0.25, 0.3) is 5.91 Å². The number of nitrogens with one attached hydrogen (secondary N) is 1. The second-order valence-corrected chi connectivity index (χ2v) is 6.37. The maximum Gasteiger partial charge on any atom is 0.251 e. The second kappa shape index (κ2) is 7.92. The zero-order valence-electron chi connectivity index (χ0n) is 15.5. The third-order valence-corrected chi connectivity index (χ3v) is 4.58. The number of rotatable bonds is 6. The summed E-state index contributed by atoms with van der Waals surface area (Å²) in [6.45, 7) is 0.997. The fourth-order valence-corrected chi connectivity index (χ4v) is 3.11. The van der Waals surface area contributed by atoms with E-state index >= 15 is 0 Å². The zero-order valence-corrected chi connectivity index (χ0v) is 15.5. The fourth-order valence-electron chi connectivity index (χ4n) is 3.11. The molecular formula is C22H20N4O2. The lowest BCUT2D eigenvalue weighted by Gasteiger charge is -2.11. The predicted octanol–water partition coefficient (Wildman–Crippen LogP) is 3.42. The van der Waals surface area contributed by atoms with Gasteiger partial charge in [0.2, 0.25) is 0 Å². The van der Waals surface area contributed by atoms with Crippen molar-refractivity contribution in [3.63, 3.8) is 0 Å². The van der Waals surface area contributed by atoms with E-state index in [-0.39, 0.29) is 5.91 Å². The maximum atomic E-state index is 12.4. The van der Waals surface area contributed by atoms with E-state index < -0.39 is 0 Å². The van der Waals surface area contributed by atoms with E-state index in [1.54, 1.807) is 31.6 Å². The van der Waals surface area contributed by atoms with Gasteiger partial charge in [-0.1, -0.05) is 24.3 Å². The summed E-state index contributed by atoms with van der Waals surface area (Å²) in [5.74, 6) is 1.48. The Morgan fingerprint density at radius 1 is 1.04 bits per heavy atom. The molecule has 1 N–H and O–H groups in total. The van der Waals surface area contributed by atoms with E-state index in [1.807, 2.05) is 48.5 Å². The Balaban J connectivity index is 1.60. The van der Waals surface area contributed by atoms with Crippen LogP contribution in [0.2, 0.25) is 0 Å². The van der Waals surface area contributed by atoms with Crippen molar-refractivity contribution >= 4 is 16.9 Å². The summed E-state index contributed by atoms with van der Waals surface area (Å²) in [6.07, 6.45) is 3.21. The topological polar surface area (TPSA) is 69.0 Å². The first kappa shape index (κ1) is 17.7. The number of hydrogen-bond acceptors (Lipinski definition) is 4. The molecule has 28 heavy (non-hydrogen) atoms. The first-order chi connectivity index (χ1) is 13.7. The number of aromatic nitrogens is 3. The molecule has 0 aliphatic carbocycles. The standard InChI is InChI=1S/C22H20N4O2/c1-28-18-8-6-16(7-9-18)15-26-20-5-3-2-4-19(20)25-21(26)14-24-22(27)17-10-12-23-13-11-17/h2-13H,14-15H2,1H3,(H,24,27). The van der Waals surface area contributed by atoms with E-state index in [1.165, 1.54) is 0 Å². The van der Waals surface area contributed by atoms with Gasteiger partial charge >= 0.3 is 0 Å². The van der Waals surface area contributed by atoms with E-state index in [9.17, 15) is 4.79 Å². The zero-order chi connectivity index (χ0) is 19.3.